The molecule has 0 fully saturated rings. The van der Waals surface area contributed by atoms with Crippen LogP contribution in [0.5, 0.6) is 0 Å². The number of carbonyl (C=O) groups is 1. The summed E-state index contributed by atoms with van der Waals surface area (Å²) in [6.07, 6.45) is 0.943. The third-order valence-electron chi connectivity index (χ3n) is 3.83. The molecule has 4 heteroatoms. The summed E-state index contributed by atoms with van der Waals surface area (Å²) < 4.78 is 0. The van der Waals surface area contributed by atoms with E-state index in [9.17, 15) is 4.79 Å². The van der Waals surface area contributed by atoms with Gasteiger partial charge in [0.05, 0.1) is 0 Å². The van der Waals surface area contributed by atoms with E-state index in [1.165, 1.54) is 0 Å². The Balaban J connectivity index is 3.14. The molecule has 118 valence electrons. The number of rotatable bonds is 6. The van der Waals surface area contributed by atoms with Crippen molar-refractivity contribution in [2.24, 2.45) is 5.92 Å². The van der Waals surface area contributed by atoms with Crippen molar-refractivity contribution >= 4 is 17.3 Å². The molecule has 0 aliphatic heterocycles. The third-order valence-corrected chi connectivity index (χ3v) is 3.83. The molecule has 4 nitrogen and oxygen atoms in total. The second-order valence-electron chi connectivity index (χ2n) is 6.16. The van der Waals surface area contributed by atoms with Gasteiger partial charge in [-0.1, -0.05) is 20.8 Å². The highest BCUT2D eigenvalue weighted by atomic mass is 16.2. The summed E-state index contributed by atoms with van der Waals surface area (Å²) >= 11 is 0. The average molecular weight is 291 g/mol. The van der Waals surface area contributed by atoms with E-state index in [1.807, 2.05) is 51.0 Å². The van der Waals surface area contributed by atoms with Crippen molar-refractivity contribution in [2.45, 2.75) is 46.7 Å². The molecule has 2 N–H and O–H groups in total. The molecule has 0 saturated carbocycles. The van der Waals surface area contributed by atoms with Gasteiger partial charge in [-0.25, -0.2) is 0 Å². The highest BCUT2D eigenvalue weighted by Gasteiger charge is 2.23. The molecule has 0 saturated heterocycles. The number of nitrogen functional groups attached to an aromatic ring is 1. The van der Waals surface area contributed by atoms with Crippen LogP contribution >= 0.6 is 0 Å². The lowest BCUT2D eigenvalue weighted by Gasteiger charge is -2.32. The topological polar surface area (TPSA) is 49.6 Å². The van der Waals surface area contributed by atoms with Gasteiger partial charge in [-0.05, 0) is 37.1 Å². The van der Waals surface area contributed by atoms with Crippen molar-refractivity contribution in [3.63, 3.8) is 0 Å². The van der Waals surface area contributed by atoms with Crippen LogP contribution in [-0.4, -0.2) is 30.9 Å². The van der Waals surface area contributed by atoms with Crippen molar-refractivity contribution in [1.82, 2.24) is 4.90 Å². The van der Waals surface area contributed by atoms with Crippen LogP contribution in [0.25, 0.3) is 0 Å². The lowest BCUT2D eigenvalue weighted by molar-refractivity contribution is -0.137. The Morgan fingerprint density at radius 3 is 2.33 bits per heavy atom. The predicted octanol–water partition coefficient (Wildman–Crippen LogP) is 3.12. The molecule has 0 bridgehead atoms. The molecule has 1 rings (SSSR count). The van der Waals surface area contributed by atoms with E-state index in [-0.39, 0.29) is 17.9 Å². The molecule has 1 aromatic rings. The molecule has 1 amide bonds. The second kappa shape index (κ2) is 7.34. The summed E-state index contributed by atoms with van der Waals surface area (Å²) in [7, 11) is 4.01. The van der Waals surface area contributed by atoms with Gasteiger partial charge in [0.2, 0.25) is 5.91 Å². The van der Waals surface area contributed by atoms with E-state index in [0.29, 0.717) is 6.54 Å². The van der Waals surface area contributed by atoms with Gasteiger partial charge in [0.1, 0.15) is 0 Å². The van der Waals surface area contributed by atoms with Gasteiger partial charge in [-0.15, -0.1) is 0 Å². The van der Waals surface area contributed by atoms with Crippen LogP contribution in [0.2, 0.25) is 0 Å². The van der Waals surface area contributed by atoms with Crippen LogP contribution in [-0.2, 0) is 11.3 Å². The molecule has 0 heterocycles. The molecule has 0 aliphatic carbocycles. The van der Waals surface area contributed by atoms with E-state index in [0.717, 1.165) is 23.4 Å². The van der Waals surface area contributed by atoms with E-state index >= 15 is 0 Å². The number of carbonyl (C=O) groups excluding carboxylic acids is 1. The van der Waals surface area contributed by atoms with E-state index in [1.54, 1.807) is 0 Å². The van der Waals surface area contributed by atoms with Crippen molar-refractivity contribution in [3.05, 3.63) is 23.8 Å². The first-order valence-corrected chi connectivity index (χ1v) is 7.64. The van der Waals surface area contributed by atoms with Crippen LogP contribution in [0.1, 0.15) is 39.7 Å². The zero-order valence-electron chi connectivity index (χ0n) is 14.2. The Morgan fingerprint density at radius 1 is 1.24 bits per heavy atom. The van der Waals surface area contributed by atoms with Gasteiger partial charge in [-0.2, -0.15) is 0 Å². The zero-order chi connectivity index (χ0) is 16.2. The first-order chi connectivity index (χ1) is 9.77. The fourth-order valence-corrected chi connectivity index (χ4v) is 2.35. The minimum Gasteiger partial charge on any atom is -0.399 e. The van der Waals surface area contributed by atoms with Crippen molar-refractivity contribution < 1.29 is 4.79 Å². The van der Waals surface area contributed by atoms with Crippen LogP contribution in [0.4, 0.5) is 11.4 Å². The SMILES string of the molecule is CCC(C)N(Cc1cc(N)ccc1N(C)C)C(=O)C(C)C. The molecule has 0 aliphatic rings. The van der Waals surface area contributed by atoms with E-state index < -0.39 is 0 Å². The van der Waals surface area contributed by atoms with Gasteiger partial charge in [0, 0.05) is 44.0 Å². The fourth-order valence-electron chi connectivity index (χ4n) is 2.35. The highest BCUT2D eigenvalue weighted by molar-refractivity contribution is 5.78. The summed E-state index contributed by atoms with van der Waals surface area (Å²) in [5.74, 6) is 0.194. The maximum Gasteiger partial charge on any atom is 0.225 e. The highest BCUT2D eigenvalue weighted by Crippen LogP contribution is 2.25. The number of hydrogen-bond donors (Lipinski definition) is 1. The zero-order valence-corrected chi connectivity index (χ0v) is 14.2. The molecule has 1 atom stereocenters. The van der Waals surface area contributed by atoms with Crippen LogP contribution in [0.3, 0.4) is 0 Å². The number of hydrogen-bond acceptors (Lipinski definition) is 3. The normalized spacial score (nSPS) is 12.3. The third kappa shape index (κ3) is 4.38. The Kier molecular flexibility index (Phi) is 6.06. The molecule has 1 unspecified atom stereocenters. The first kappa shape index (κ1) is 17.3. The number of amides is 1. The Bertz CT molecular complexity index is 483. The molecular weight excluding hydrogens is 262 g/mol. The number of benzene rings is 1. The summed E-state index contributed by atoms with van der Waals surface area (Å²) in [4.78, 5) is 16.5. The number of anilines is 2. The smallest absolute Gasteiger partial charge is 0.225 e. The maximum atomic E-state index is 12.5. The van der Waals surface area contributed by atoms with Gasteiger partial charge in [0.25, 0.3) is 0 Å². The monoisotopic (exact) mass is 291 g/mol. The predicted molar refractivity (Wildman–Crippen MR) is 90.3 cm³/mol. The van der Waals surface area contributed by atoms with Crippen LogP contribution in [0.15, 0.2) is 18.2 Å². The van der Waals surface area contributed by atoms with Crippen molar-refractivity contribution in [1.29, 1.82) is 0 Å². The molecule has 0 aromatic heterocycles. The standard InChI is InChI=1S/C17H29N3O/c1-7-13(4)20(17(21)12(2)3)11-14-10-15(18)8-9-16(14)19(5)6/h8-10,12-13H,7,11,18H2,1-6H3. The van der Waals surface area contributed by atoms with E-state index in [2.05, 4.69) is 18.7 Å². The summed E-state index contributed by atoms with van der Waals surface area (Å²) in [5.41, 5.74) is 8.86. The maximum absolute atomic E-state index is 12.5. The molecular formula is C17H29N3O. The Hall–Kier alpha value is -1.71. The molecule has 0 spiro atoms. The molecule has 1 aromatic carbocycles. The fraction of sp³-hybridized carbons (Fsp3) is 0.588. The summed E-state index contributed by atoms with van der Waals surface area (Å²) in [5, 5.41) is 0. The first-order valence-electron chi connectivity index (χ1n) is 7.64. The Labute approximate surface area is 128 Å². The largest absolute Gasteiger partial charge is 0.399 e. The Morgan fingerprint density at radius 2 is 1.86 bits per heavy atom. The van der Waals surface area contributed by atoms with Gasteiger partial charge < -0.3 is 15.5 Å². The summed E-state index contributed by atoms with van der Waals surface area (Å²) in [6, 6.07) is 6.10. The minimum atomic E-state index is 0.00265. The number of nitrogens with two attached hydrogens (primary N) is 1. The van der Waals surface area contributed by atoms with Crippen molar-refractivity contribution in [2.75, 3.05) is 24.7 Å². The van der Waals surface area contributed by atoms with Gasteiger partial charge in [-0.3, -0.25) is 4.79 Å². The molecule has 21 heavy (non-hydrogen) atoms. The lowest BCUT2D eigenvalue weighted by Crippen LogP contribution is -2.40. The van der Waals surface area contributed by atoms with Gasteiger partial charge >= 0.3 is 0 Å². The van der Waals surface area contributed by atoms with Gasteiger partial charge in [0.15, 0.2) is 0 Å². The minimum absolute atomic E-state index is 0.00265. The van der Waals surface area contributed by atoms with Crippen LogP contribution in [0, 0.1) is 5.92 Å². The average Bonchev–Trinajstić information content (AvgIpc) is 2.42. The molecule has 0 radical (unpaired) electrons. The lowest BCUT2D eigenvalue weighted by atomic mass is 10.1. The quantitative estimate of drug-likeness (QED) is 0.819. The van der Waals surface area contributed by atoms with E-state index in [4.69, 9.17) is 5.73 Å². The van der Waals surface area contributed by atoms with Crippen LogP contribution < -0.4 is 10.6 Å². The van der Waals surface area contributed by atoms with Crippen molar-refractivity contribution in [3.8, 4) is 0 Å². The second-order valence-corrected chi connectivity index (χ2v) is 6.16. The number of nitrogens with zero attached hydrogens (tertiary/aromatic N) is 2. The summed E-state index contributed by atoms with van der Waals surface area (Å²) in [6.45, 7) is 8.71.